The highest BCUT2D eigenvalue weighted by atomic mass is 79.9. The zero-order chi connectivity index (χ0) is 20.7. The molecular formula is C19H15BrF2N4OS2. The average Bonchev–Trinajstić information content (AvgIpc) is 3.34. The second-order valence-electron chi connectivity index (χ2n) is 6.44. The highest BCUT2D eigenvalue weighted by Gasteiger charge is 2.24. The number of thiazole rings is 1. The first-order chi connectivity index (χ1) is 13.8. The topological polar surface area (TPSA) is 51.0 Å². The summed E-state index contributed by atoms with van der Waals surface area (Å²) in [7, 11) is 0. The number of carbonyl (C=O) groups is 1. The van der Waals surface area contributed by atoms with Crippen molar-refractivity contribution in [1.29, 1.82) is 0 Å². The maximum Gasteiger partial charge on any atom is 0.270 e. The summed E-state index contributed by atoms with van der Waals surface area (Å²) < 4.78 is 30.7. The standard InChI is InChI=1S/C19H15BrF2N4OS2/c1-10-7-11(2)26(24-10)6-5-25(18(27)14-3-4-16(20)28-14)19-23-17-13(22)8-12(21)9-15(17)29-19/h3-4,7-9H,5-6H2,1-2H3. The predicted octanol–water partition coefficient (Wildman–Crippen LogP) is 5.56. The quantitative estimate of drug-likeness (QED) is 0.363. The van der Waals surface area contributed by atoms with Crippen LogP contribution in [0.2, 0.25) is 0 Å². The maximum atomic E-state index is 14.1. The van der Waals surface area contributed by atoms with Crippen molar-refractivity contribution in [3.8, 4) is 0 Å². The summed E-state index contributed by atoms with van der Waals surface area (Å²) in [6.07, 6.45) is 0. The van der Waals surface area contributed by atoms with Crippen LogP contribution < -0.4 is 4.90 Å². The third-order valence-electron chi connectivity index (χ3n) is 4.30. The normalized spacial score (nSPS) is 11.3. The minimum absolute atomic E-state index is 0.0580. The molecule has 5 nitrogen and oxygen atoms in total. The highest BCUT2D eigenvalue weighted by molar-refractivity contribution is 9.11. The molecule has 1 amide bonds. The van der Waals surface area contributed by atoms with Crippen LogP contribution in [0, 0.1) is 25.5 Å². The van der Waals surface area contributed by atoms with Gasteiger partial charge < -0.3 is 0 Å². The number of amides is 1. The molecule has 1 aromatic carbocycles. The Morgan fingerprint density at radius 3 is 2.66 bits per heavy atom. The molecule has 0 saturated heterocycles. The fourth-order valence-corrected chi connectivity index (χ4v) is 5.37. The van der Waals surface area contributed by atoms with Crippen molar-refractivity contribution in [2.75, 3.05) is 11.4 Å². The number of aromatic nitrogens is 3. The van der Waals surface area contributed by atoms with E-state index in [1.54, 1.807) is 12.1 Å². The third-order valence-corrected chi connectivity index (χ3v) is 6.94. The van der Waals surface area contributed by atoms with Gasteiger partial charge in [-0.3, -0.25) is 14.4 Å². The summed E-state index contributed by atoms with van der Waals surface area (Å²) in [5.41, 5.74) is 1.92. The minimum Gasteiger partial charge on any atom is -0.281 e. The first-order valence-corrected chi connectivity index (χ1v) is 11.1. The number of thiophene rings is 1. The Labute approximate surface area is 181 Å². The summed E-state index contributed by atoms with van der Waals surface area (Å²) in [5, 5.41) is 4.75. The van der Waals surface area contributed by atoms with Gasteiger partial charge in [0.15, 0.2) is 10.9 Å². The minimum atomic E-state index is -0.743. The van der Waals surface area contributed by atoms with Crippen LogP contribution in [0.25, 0.3) is 10.2 Å². The molecule has 0 atom stereocenters. The number of aryl methyl sites for hydroxylation is 2. The van der Waals surface area contributed by atoms with Gasteiger partial charge in [-0.1, -0.05) is 11.3 Å². The van der Waals surface area contributed by atoms with E-state index >= 15 is 0 Å². The molecule has 29 heavy (non-hydrogen) atoms. The van der Waals surface area contributed by atoms with Gasteiger partial charge in [-0.2, -0.15) is 5.10 Å². The van der Waals surface area contributed by atoms with Gasteiger partial charge in [-0.05, 0) is 54.0 Å². The number of anilines is 1. The van der Waals surface area contributed by atoms with E-state index in [9.17, 15) is 13.6 Å². The number of nitrogens with zero attached hydrogens (tertiary/aromatic N) is 4. The van der Waals surface area contributed by atoms with Gasteiger partial charge in [0.05, 0.1) is 25.6 Å². The Morgan fingerprint density at radius 1 is 1.21 bits per heavy atom. The van der Waals surface area contributed by atoms with Crippen molar-refractivity contribution in [2.24, 2.45) is 0 Å². The van der Waals surface area contributed by atoms with Crippen molar-refractivity contribution < 1.29 is 13.6 Å². The van der Waals surface area contributed by atoms with Crippen molar-refractivity contribution in [3.63, 3.8) is 0 Å². The second kappa shape index (κ2) is 7.92. The molecule has 4 rings (SSSR count). The number of rotatable bonds is 5. The van der Waals surface area contributed by atoms with Crippen LogP contribution in [0.3, 0.4) is 0 Å². The molecule has 0 N–H and O–H groups in total. The summed E-state index contributed by atoms with van der Waals surface area (Å²) in [4.78, 5) is 19.5. The molecule has 0 spiro atoms. The van der Waals surface area contributed by atoms with E-state index in [2.05, 4.69) is 26.0 Å². The first-order valence-electron chi connectivity index (χ1n) is 8.65. The third kappa shape index (κ3) is 4.10. The fraction of sp³-hybridized carbons (Fsp3) is 0.211. The summed E-state index contributed by atoms with van der Waals surface area (Å²) >= 11 is 5.76. The van der Waals surface area contributed by atoms with E-state index < -0.39 is 11.6 Å². The molecule has 0 aliphatic rings. The van der Waals surface area contributed by atoms with Gasteiger partial charge in [-0.15, -0.1) is 11.3 Å². The Morgan fingerprint density at radius 2 is 2.00 bits per heavy atom. The van der Waals surface area contributed by atoms with E-state index in [4.69, 9.17) is 0 Å². The molecule has 0 saturated carbocycles. The lowest BCUT2D eigenvalue weighted by molar-refractivity contribution is 0.0989. The molecular weight excluding hydrogens is 482 g/mol. The SMILES string of the molecule is Cc1cc(C)n(CCN(C(=O)c2ccc(Br)s2)c2nc3c(F)cc(F)cc3s2)n1. The number of fused-ring (bicyclic) bond motifs is 1. The van der Waals surface area contributed by atoms with Crippen molar-refractivity contribution in [3.05, 3.63) is 62.0 Å². The van der Waals surface area contributed by atoms with Gasteiger partial charge in [-0.25, -0.2) is 13.8 Å². The van der Waals surface area contributed by atoms with E-state index in [1.165, 1.54) is 22.3 Å². The number of halogens is 3. The molecule has 0 radical (unpaired) electrons. The zero-order valence-corrected chi connectivity index (χ0v) is 18.7. The second-order valence-corrected chi connectivity index (χ2v) is 9.91. The lowest BCUT2D eigenvalue weighted by atomic mass is 10.3. The van der Waals surface area contributed by atoms with Gasteiger partial charge in [0, 0.05) is 18.3 Å². The van der Waals surface area contributed by atoms with Gasteiger partial charge in [0.1, 0.15) is 11.3 Å². The van der Waals surface area contributed by atoms with E-state index in [-0.39, 0.29) is 11.4 Å². The Kier molecular flexibility index (Phi) is 5.50. The summed E-state index contributed by atoms with van der Waals surface area (Å²) in [6, 6.07) is 7.50. The number of hydrogen-bond acceptors (Lipinski definition) is 5. The van der Waals surface area contributed by atoms with Crippen LogP contribution in [0.5, 0.6) is 0 Å². The molecule has 0 fully saturated rings. The van der Waals surface area contributed by atoms with E-state index in [0.29, 0.717) is 27.8 Å². The molecule has 3 heterocycles. The molecule has 4 aromatic rings. The largest absolute Gasteiger partial charge is 0.281 e. The van der Waals surface area contributed by atoms with E-state index in [0.717, 1.165) is 32.6 Å². The van der Waals surface area contributed by atoms with Gasteiger partial charge in [0.25, 0.3) is 5.91 Å². The lowest BCUT2D eigenvalue weighted by Crippen LogP contribution is -2.33. The van der Waals surface area contributed by atoms with E-state index in [1.807, 2.05) is 24.6 Å². The van der Waals surface area contributed by atoms with Crippen LogP contribution >= 0.6 is 38.6 Å². The summed E-state index contributed by atoms with van der Waals surface area (Å²) in [6.45, 7) is 4.59. The van der Waals surface area contributed by atoms with Crippen LogP contribution in [0.1, 0.15) is 21.1 Å². The number of hydrogen-bond donors (Lipinski definition) is 0. The molecule has 10 heteroatoms. The number of carbonyl (C=O) groups excluding carboxylic acids is 1. The zero-order valence-electron chi connectivity index (χ0n) is 15.4. The van der Waals surface area contributed by atoms with Crippen LogP contribution in [0.15, 0.2) is 34.1 Å². The molecule has 0 aliphatic carbocycles. The Balaban J connectivity index is 1.72. The van der Waals surface area contributed by atoms with Crippen LogP contribution in [-0.2, 0) is 6.54 Å². The Bertz CT molecular complexity index is 1220. The fourth-order valence-electron chi connectivity index (χ4n) is 3.00. The summed E-state index contributed by atoms with van der Waals surface area (Å²) in [5.74, 6) is -1.66. The molecule has 150 valence electrons. The molecule has 0 unspecified atom stereocenters. The average molecular weight is 497 g/mol. The van der Waals surface area contributed by atoms with Gasteiger partial charge >= 0.3 is 0 Å². The smallest absolute Gasteiger partial charge is 0.270 e. The van der Waals surface area contributed by atoms with Gasteiger partial charge in [0.2, 0.25) is 0 Å². The molecule has 3 aromatic heterocycles. The predicted molar refractivity (Wildman–Crippen MR) is 115 cm³/mol. The lowest BCUT2D eigenvalue weighted by Gasteiger charge is -2.19. The van der Waals surface area contributed by atoms with Crippen molar-refractivity contribution >= 4 is 59.9 Å². The van der Waals surface area contributed by atoms with Crippen LogP contribution in [-0.4, -0.2) is 27.2 Å². The molecule has 0 bridgehead atoms. The van der Waals surface area contributed by atoms with Crippen molar-refractivity contribution in [1.82, 2.24) is 14.8 Å². The highest BCUT2D eigenvalue weighted by Crippen LogP contribution is 2.33. The van der Waals surface area contributed by atoms with Crippen molar-refractivity contribution in [2.45, 2.75) is 20.4 Å². The molecule has 0 aliphatic heterocycles. The first kappa shape index (κ1) is 20.1. The van der Waals surface area contributed by atoms with Crippen LogP contribution in [0.4, 0.5) is 13.9 Å². The monoisotopic (exact) mass is 496 g/mol. The maximum absolute atomic E-state index is 14.1. The Hall–Kier alpha value is -2.17. The number of benzene rings is 1.